The molecule has 2 rings (SSSR count). The number of carboxylic acids is 1. The Morgan fingerprint density at radius 3 is 2.52 bits per heavy atom. The summed E-state index contributed by atoms with van der Waals surface area (Å²) >= 11 is 6.05. The van der Waals surface area contributed by atoms with Crippen molar-refractivity contribution in [3.63, 3.8) is 0 Å². The number of aromatic hydroxyl groups is 1. The van der Waals surface area contributed by atoms with E-state index in [2.05, 4.69) is 10.2 Å². The van der Waals surface area contributed by atoms with Crippen LogP contribution < -0.4 is 4.74 Å². The van der Waals surface area contributed by atoms with Gasteiger partial charge < -0.3 is 14.9 Å². The van der Waals surface area contributed by atoms with Crippen LogP contribution in [0.25, 0.3) is 0 Å². The molecule has 0 aromatic heterocycles. The van der Waals surface area contributed by atoms with Gasteiger partial charge in [-0.1, -0.05) is 17.7 Å². The molecule has 0 aliphatic carbocycles. The number of methoxy groups -OCH3 is 1. The number of phenols is 1. The Hall–Kier alpha value is -2.86. The van der Waals surface area contributed by atoms with E-state index < -0.39 is 5.97 Å². The van der Waals surface area contributed by atoms with Crippen molar-refractivity contribution in [2.75, 3.05) is 7.11 Å². The lowest BCUT2D eigenvalue weighted by atomic mass is 10.1. The fraction of sp³-hybridized carbons (Fsp3) is 0.167. The third kappa shape index (κ3) is 5.06. The lowest BCUT2D eigenvalue weighted by Gasteiger charge is -2.06. The van der Waals surface area contributed by atoms with E-state index in [0.29, 0.717) is 22.0 Å². The first kappa shape index (κ1) is 18.5. The number of aliphatic carboxylic acids is 1. The average molecular weight is 361 g/mol. The minimum absolute atomic E-state index is 0.0869. The van der Waals surface area contributed by atoms with Gasteiger partial charge in [0.1, 0.15) is 17.2 Å². The second kappa shape index (κ2) is 8.30. The number of hydrogen-bond donors (Lipinski definition) is 2. The van der Waals surface area contributed by atoms with E-state index in [9.17, 15) is 9.90 Å². The molecule has 0 unspecified atom stereocenters. The van der Waals surface area contributed by atoms with Gasteiger partial charge in [0, 0.05) is 16.2 Å². The number of carboxylic acid groups (broad SMARTS) is 1. The van der Waals surface area contributed by atoms with Crippen LogP contribution in [0.4, 0.5) is 11.4 Å². The van der Waals surface area contributed by atoms with Crippen LogP contribution in [0.1, 0.15) is 12.5 Å². The number of carbonyl (C=O) groups is 1. The van der Waals surface area contributed by atoms with E-state index in [1.54, 1.807) is 37.4 Å². The molecule has 7 heteroatoms. The van der Waals surface area contributed by atoms with E-state index in [1.165, 1.54) is 19.1 Å². The molecule has 0 heterocycles. The molecule has 0 bridgehead atoms. The highest BCUT2D eigenvalue weighted by molar-refractivity contribution is 6.31. The van der Waals surface area contributed by atoms with Crippen molar-refractivity contribution >= 4 is 28.9 Å². The third-order valence-corrected chi connectivity index (χ3v) is 3.66. The Labute approximate surface area is 150 Å². The fourth-order valence-electron chi connectivity index (χ4n) is 1.98. The Kier molecular flexibility index (Phi) is 6.14. The van der Waals surface area contributed by atoms with Gasteiger partial charge in [0.15, 0.2) is 0 Å². The van der Waals surface area contributed by atoms with Crippen LogP contribution in [0.5, 0.6) is 11.5 Å². The Balaban J connectivity index is 2.27. The third-order valence-electron chi connectivity index (χ3n) is 3.44. The van der Waals surface area contributed by atoms with Gasteiger partial charge in [-0.15, -0.1) is 5.11 Å². The summed E-state index contributed by atoms with van der Waals surface area (Å²) in [7, 11) is 1.57. The first-order valence-corrected chi connectivity index (χ1v) is 7.75. The van der Waals surface area contributed by atoms with Crippen LogP contribution in [-0.2, 0) is 11.2 Å². The standard InChI is InChI=1S/C18H17ClN2O4/c1-11(18(23)24)3-4-12-9-13(19)10-16(17(12)22)21-20-14-5-7-15(25-2)8-6-14/h3,5-10,22H,4H2,1-2H3,(H,23,24)/b11-3+,21-20+. The first-order valence-electron chi connectivity index (χ1n) is 7.38. The zero-order chi connectivity index (χ0) is 18.4. The van der Waals surface area contributed by atoms with E-state index >= 15 is 0 Å². The number of nitrogens with zero attached hydrogens (tertiary/aromatic N) is 2. The van der Waals surface area contributed by atoms with Crippen molar-refractivity contribution in [1.82, 2.24) is 0 Å². The highest BCUT2D eigenvalue weighted by Crippen LogP contribution is 2.35. The summed E-state index contributed by atoms with van der Waals surface area (Å²) in [6.45, 7) is 1.48. The predicted molar refractivity (Wildman–Crippen MR) is 95.4 cm³/mol. The molecule has 0 fully saturated rings. The average Bonchev–Trinajstić information content (AvgIpc) is 2.60. The Bertz CT molecular complexity index is 830. The van der Waals surface area contributed by atoms with E-state index in [-0.39, 0.29) is 23.4 Å². The predicted octanol–water partition coefficient (Wildman–Crippen LogP) is 5.04. The van der Waals surface area contributed by atoms with E-state index in [0.717, 1.165) is 0 Å². The number of phenolic OH excluding ortho intramolecular Hbond substituents is 1. The van der Waals surface area contributed by atoms with Crippen molar-refractivity contribution in [3.8, 4) is 11.5 Å². The van der Waals surface area contributed by atoms with Crippen molar-refractivity contribution in [1.29, 1.82) is 0 Å². The lowest BCUT2D eigenvalue weighted by Crippen LogP contribution is -1.96. The highest BCUT2D eigenvalue weighted by atomic mass is 35.5. The van der Waals surface area contributed by atoms with Crippen LogP contribution in [-0.4, -0.2) is 23.3 Å². The summed E-state index contributed by atoms with van der Waals surface area (Å²) in [5, 5.41) is 27.7. The van der Waals surface area contributed by atoms with Gasteiger partial charge in [0.05, 0.1) is 12.8 Å². The van der Waals surface area contributed by atoms with Gasteiger partial charge in [0.2, 0.25) is 0 Å². The number of rotatable bonds is 6. The number of ether oxygens (including phenoxy) is 1. The number of hydrogen-bond acceptors (Lipinski definition) is 5. The SMILES string of the molecule is COc1ccc(/N=N/c2cc(Cl)cc(C/C=C(\C)C(=O)O)c2O)cc1. The molecule has 6 nitrogen and oxygen atoms in total. The lowest BCUT2D eigenvalue weighted by molar-refractivity contribution is -0.132. The zero-order valence-corrected chi connectivity index (χ0v) is 14.5. The maximum atomic E-state index is 10.8. The molecule has 0 spiro atoms. The second-order valence-corrected chi connectivity index (χ2v) is 5.66. The Morgan fingerprint density at radius 2 is 1.92 bits per heavy atom. The van der Waals surface area contributed by atoms with Crippen molar-refractivity contribution in [3.05, 3.63) is 58.6 Å². The van der Waals surface area contributed by atoms with E-state index in [1.807, 2.05) is 0 Å². The summed E-state index contributed by atoms with van der Waals surface area (Å²) < 4.78 is 5.07. The number of allylic oxidation sites excluding steroid dienone is 1. The number of azo groups is 1. The van der Waals surface area contributed by atoms with Crippen LogP contribution in [0, 0.1) is 0 Å². The van der Waals surface area contributed by atoms with Gasteiger partial charge in [-0.2, -0.15) is 5.11 Å². The maximum Gasteiger partial charge on any atom is 0.330 e. The molecule has 0 saturated heterocycles. The van der Waals surface area contributed by atoms with E-state index in [4.69, 9.17) is 21.4 Å². The maximum absolute atomic E-state index is 10.8. The summed E-state index contributed by atoms with van der Waals surface area (Å²) in [6.07, 6.45) is 1.72. The first-order chi connectivity index (χ1) is 11.9. The minimum Gasteiger partial charge on any atom is -0.505 e. The highest BCUT2D eigenvalue weighted by Gasteiger charge is 2.10. The Morgan fingerprint density at radius 1 is 1.24 bits per heavy atom. The van der Waals surface area contributed by atoms with Crippen molar-refractivity contribution in [2.45, 2.75) is 13.3 Å². The monoisotopic (exact) mass is 360 g/mol. The van der Waals surface area contributed by atoms with Crippen LogP contribution in [0.15, 0.2) is 58.3 Å². The molecule has 0 amide bonds. The molecule has 130 valence electrons. The van der Waals surface area contributed by atoms with Crippen LogP contribution in [0.3, 0.4) is 0 Å². The molecular formula is C18H17ClN2O4. The molecule has 0 aliphatic heterocycles. The molecule has 0 atom stereocenters. The summed E-state index contributed by atoms with van der Waals surface area (Å²) in [5.74, 6) is -0.399. The molecular weight excluding hydrogens is 344 g/mol. The van der Waals surface area contributed by atoms with Crippen molar-refractivity contribution in [2.24, 2.45) is 10.2 Å². The number of halogens is 1. The molecule has 0 aliphatic rings. The zero-order valence-electron chi connectivity index (χ0n) is 13.7. The molecule has 2 aromatic rings. The summed E-state index contributed by atoms with van der Waals surface area (Å²) in [4.78, 5) is 10.8. The largest absolute Gasteiger partial charge is 0.505 e. The minimum atomic E-state index is -1.01. The molecule has 2 aromatic carbocycles. The smallest absolute Gasteiger partial charge is 0.330 e. The second-order valence-electron chi connectivity index (χ2n) is 5.23. The molecule has 0 radical (unpaired) electrons. The van der Waals surface area contributed by atoms with Gasteiger partial charge >= 0.3 is 5.97 Å². The quantitative estimate of drug-likeness (QED) is 0.557. The van der Waals surface area contributed by atoms with Crippen molar-refractivity contribution < 1.29 is 19.7 Å². The topological polar surface area (TPSA) is 91.5 Å². The van der Waals surface area contributed by atoms with Crippen LogP contribution in [0.2, 0.25) is 5.02 Å². The summed E-state index contributed by atoms with van der Waals surface area (Å²) in [5.41, 5.74) is 1.45. The molecule has 0 saturated carbocycles. The molecule has 25 heavy (non-hydrogen) atoms. The fourth-order valence-corrected chi connectivity index (χ4v) is 2.22. The molecule has 2 N–H and O–H groups in total. The van der Waals surface area contributed by atoms with Gasteiger partial charge in [-0.3, -0.25) is 0 Å². The number of benzene rings is 2. The summed E-state index contributed by atoms with van der Waals surface area (Å²) in [6, 6.07) is 10.00. The van der Waals surface area contributed by atoms with Gasteiger partial charge in [0.25, 0.3) is 0 Å². The van der Waals surface area contributed by atoms with Gasteiger partial charge in [-0.05, 0) is 49.7 Å². The normalized spacial score (nSPS) is 11.7. The van der Waals surface area contributed by atoms with Gasteiger partial charge in [-0.25, -0.2) is 4.79 Å². The van der Waals surface area contributed by atoms with Crippen LogP contribution >= 0.6 is 11.6 Å².